The summed E-state index contributed by atoms with van der Waals surface area (Å²) in [6.45, 7) is 0. The van der Waals surface area contributed by atoms with E-state index in [1.807, 2.05) is 5.25 Å². The summed E-state index contributed by atoms with van der Waals surface area (Å²) in [6.07, 6.45) is 3.04. The summed E-state index contributed by atoms with van der Waals surface area (Å²) >= 11 is 0. The van der Waals surface area contributed by atoms with Gasteiger partial charge in [0, 0.05) is 33.9 Å². The number of nitrogens with zero attached hydrogens (tertiary/aromatic N) is 1. The summed E-state index contributed by atoms with van der Waals surface area (Å²) in [5.41, 5.74) is 0.564. The van der Waals surface area contributed by atoms with Crippen molar-refractivity contribution in [3.05, 3.63) is 30.1 Å². The van der Waals surface area contributed by atoms with Gasteiger partial charge >= 0.3 is 9.05 Å². The van der Waals surface area contributed by atoms with Gasteiger partial charge in [0.05, 0.1) is 0 Å². The van der Waals surface area contributed by atoms with Crippen LogP contribution in [0.2, 0.25) is 0 Å². The molecule has 5 heteroatoms. The van der Waals surface area contributed by atoms with Gasteiger partial charge in [0.1, 0.15) is 0 Å². The van der Waals surface area contributed by atoms with E-state index in [0.29, 0.717) is 5.56 Å². The Balaban J connectivity index is 2.96. The minimum Gasteiger partial charge on any atom is -0.265 e. The Morgan fingerprint density at radius 3 is 2.42 bits per heavy atom. The van der Waals surface area contributed by atoms with Crippen LogP contribution in [0.3, 0.4) is 0 Å². The second kappa shape index (κ2) is 3.57. The van der Waals surface area contributed by atoms with Crippen molar-refractivity contribution < 1.29 is 8.42 Å². The molecule has 0 aliphatic heterocycles. The first-order valence-electron chi connectivity index (χ1n) is 2.95. The summed E-state index contributed by atoms with van der Waals surface area (Å²) in [5.74, 6) is 2.37. The maximum absolute atomic E-state index is 10.4. The predicted octanol–water partition coefficient (Wildman–Crippen LogP) is 0.959. The van der Waals surface area contributed by atoms with Crippen LogP contribution in [0.15, 0.2) is 24.5 Å². The Morgan fingerprint density at radius 2 is 1.92 bits per heavy atom. The highest BCUT2D eigenvalue weighted by atomic mass is 35.7. The van der Waals surface area contributed by atoms with Gasteiger partial charge in [-0.05, 0) is 18.1 Å². The number of pyridine rings is 1. The second-order valence-corrected chi connectivity index (χ2v) is 4.20. The van der Waals surface area contributed by atoms with Crippen LogP contribution in [0.25, 0.3) is 0 Å². The van der Waals surface area contributed by atoms with Gasteiger partial charge in [-0.25, -0.2) is 0 Å². The number of hydrogen-bond acceptors (Lipinski definition) is 3. The molecule has 3 nitrogen and oxygen atoms in total. The molecule has 1 heterocycles. The van der Waals surface area contributed by atoms with Gasteiger partial charge in [-0.1, -0.05) is 0 Å². The molecule has 0 saturated carbocycles. The van der Waals surface area contributed by atoms with Crippen LogP contribution in [0.4, 0.5) is 0 Å². The SMILES string of the molecule is O=S(=O)(Cl)C#Cc1ccncc1. The molecule has 1 rings (SSSR count). The van der Waals surface area contributed by atoms with Crippen molar-refractivity contribution in [2.75, 3.05) is 0 Å². The standard InChI is InChI=1S/C7H4ClNO2S/c8-12(10,11)6-3-7-1-4-9-5-2-7/h1-2,4-5H. The van der Waals surface area contributed by atoms with Gasteiger partial charge in [0.25, 0.3) is 0 Å². The lowest BCUT2D eigenvalue weighted by atomic mass is 10.3. The van der Waals surface area contributed by atoms with Crippen LogP contribution in [0.5, 0.6) is 0 Å². The molecule has 0 unspecified atom stereocenters. The Hall–Kier alpha value is -1.05. The van der Waals surface area contributed by atoms with Gasteiger partial charge < -0.3 is 0 Å². The molecule has 0 fully saturated rings. The lowest BCUT2D eigenvalue weighted by Gasteiger charge is -1.84. The number of rotatable bonds is 0. The molecule has 1 aromatic rings. The molecule has 0 atom stereocenters. The van der Waals surface area contributed by atoms with Crippen LogP contribution in [-0.2, 0) is 9.05 Å². The smallest absolute Gasteiger partial charge is 0.265 e. The van der Waals surface area contributed by atoms with E-state index in [-0.39, 0.29) is 0 Å². The quantitative estimate of drug-likeness (QED) is 0.464. The summed E-state index contributed by atoms with van der Waals surface area (Å²) in [4.78, 5) is 3.74. The van der Waals surface area contributed by atoms with E-state index < -0.39 is 9.05 Å². The van der Waals surface area contributed by atoms with Gasteiger partial charge in [0.2, 0.25) is 0 Å². The molecular formula is C7H4ClNO2S. The Morgan fingerprint density at radius 1 is 1.33 bits per heavy atom. The van der Waals surface area contributed by atoms with Crippen LogP contribution in [-0.4, -0.2) is 13.4 Å². The molecule has 0 aliphatic rings. The molecule has 0 aromatic carbocycles. The van der Waals surface area contributed by atoms with E-state index in [1.54, 1.807) is 12.1 Å². The molecule has 0 bridgehead atoms. The maximum Gasteiger partial charge on any atom is 0.301 e. The first kappa shape index (κ1) is 9.04. The highest BCUT2D eigenvalue weighted by molar-refractivity contribution is 8.17. The van der Waals surface area contributed by atoms with E-state index in [9.17, 15) is 8.42 Å². The molecule has 0 spiro atoms. The van der Waals surface area contributed by atoms with Crippen LogP contribution >= 0.6 is 10.7 Å². The summed E-state index contributed by atoms with van der Waals surface area (Å²) in [5, 5.41) is 1.90. The molecule has 62 valence electrons. The molecule has 0 radical (unpaired) electrons. The van der Waals surface area contributed by atoms with E-state index in [0.717, 1.165) is 0 Å². The van der Waals surface area contributed by atoms with E-state index in [2.05, 4.69) is 10.9 Å². The maximum atomic E-state index is 10.4. The lowest BCUT2D eigenvalue weighted by molar-refractivity contribution is 0.618. The highest BCUT2D eigenvalue weighted by Crippen LogP contribution is 1.96. The largest absolute Gasteiger partial charge is 0.301 e. The Labute approximate surface area is 74.8 Å². The first-order valence-corrected chi connectivity index (χ1v) is 5.26. The average Bonchev–Trinajstić information content (AvgIpc) is 2.02. The molecule has 0 aliphatic carbocycles. The van der Waals surface area contributed by atoms with Crippen molar-refractivity contribution >= 4 is 19.7 Å². The predicted molar refractivity (Wildman–Crippen MR) is 45.9 cm³/mol. The monoisotopic (exact) mass is 201 g/mol. The van der Waals surface area contributed by atoms with Crippen molar-refractivity contribution in [2.24, 2.45) is 0 Å². The zero-order valence-corrected chi connectivity index (χ0v) is 7.43. The fourth-order valence-electron chi connectivity index (χ4n) is 0.555. The summed E-state index contributed by atoms with van der Waals surface area (Å²) < 4.78 is 20.8. The highest BCUT2D eigenvalue weighted by Gasteiger charge is 1.94. The van der Waals surface area contributed by atoms with Crippen molar-refractivity contribution in [1.29, 1.82) is 0 Å². The Kier molecular flexibility index (Phi) is 2.69. The summed E-state index contributed by atoms with van der Waals surface area (Å²) in [6, 6.07) is 3.18. The van der Waals surface area contributed by atoms with E-state index >= 15 is 0 Å². The third-order valence-corrected chi connectivity index (χ3v) is 1.57. The second-order valence-electron chi connectivity index (χ2n) is 1.90. The van der Waals surface area contributed by atoms with Crippen molar-refractivity contribution in [2.45, 2.75) is 0 Å². The summed E-state index contributed by atoms with van der Waals surface area (Å²) in [7, 11) is 1.13. The zero-order chi connectivity index (χ0) is 9.03. The third-order valence-electron chi connectivity index (χ3n) is 0.998. The first-order chi connectivity index (χ1) is 5.58. The van der Waals surface area contributed by atoms with E-state index in [4.69, 9.17) is 10.7 Å². The number of hydrogen-bond donors (Lipinski definition) is 0. The minimum atomic E-state index is -3.73. The molecule has 12 heavy (non-hydrogen) atoms. The lowest BCUT2D eigenvalue weighted by Crippen LogP contribution is -1.81. The van der Waals surface area contributed by atoms with Crippen LogP contribution in [0, 0.1) is 11.2 Å². The van der Waals surface area contributed by atoms with E-state index in [1.165, 1.54) is 12.4 Å². The fourth-order valence-corrected chi connectivity index (χ4v) is 0.911. The van der Waals surface area contributed by atoms with Gasteiger partial charge in [-0.2, -0.15) is 8.42 Å². The number of halogens is 1. The van der Waals surface area contributed by atoms with Crippen LogP contribution < -0.4 is 0 Å². The zero-order valence-electron chi connectivity index (χ0n) is 5.86. The molecular weight excluding hydrogens is 198 g/mol. The molecule has 0 amide bonds. The van der Waals surface area contributed by atoms with Crippen molar-refractivity contribution in [3.63, 3.8) is 0 Å². The molecule has 1 aromatic heterocycles. The molecule has 0 saturated heterocycles. The Bertz CT molecular complexity index is 416. The average molecular weight is 202 g/mol. The van der Waals surface area contributed by atoms with Gasteiger partial charge in [0.15, 0.2) is 0 Å². The van der Waals surface area contributed by atoms with Crippen molar-refractivity contribution in [1.82, 2.24) is 4.98 Å². The number of aromatic nitrogens is 1. The normalized spacial score (nSPS) is 10.1. The van der Waals surface area contributed by atoms with Gasteiger partial charge in [-0.3, -0.25) is 4.98 Å². The molecule has 0 N–H and O–H groups in total. The third kappa shape index (κ3) is 3.37. The topological polar surface area (TPSA) is 47.0 Å². The van der Waals surface area contributed by atoms with Gasteiger partial charge in [-0.15, -0.1) is 0 Å². The fraction of sp³-hybridized carbons (Fsp3) is 0. The minimum absolute atomic E-state index is 0.564. The van der Waals surface area contributed by atoms with Crippen LogP contribution in [0.1, 0.15) is 5.56 Å². The van der Waals surface area contributed by atoms with Crippen molar-refractivity contribution in [3.8, 4) is 11.2 Å².